The summed E-state index contributed by atoms with van der Waals surface area (Å²) in [6.45, 7) is 0. The van der Waals surface area contributed by atoms with Gasteiger partial charge in [0.1, 0.15) is 0 Å². The molecule has 0 bridgehead atoms. The van der Waals surface area contributed by atoms with Crippen molar-refractivity contribution in [1.82, 2.24) is 9.88 Å². The van der Waals surface area contributed by atoms with Gasteiger partial charge in [-0.05, 0) is 6.07 Å². The van der Waals surface area contributed by atoms with Gasteiger partial charge in [0, 0.05) is 26.4 Å². The second-order valence-electron chi connectivity index (χ2n) is 2.81. The van der Waals surface area contributed by atoms with Crippen LogP contribution < -0.4 is 0 Å². The number of hydrogen-bond donors (Lipinski definition) is 0. The zero-order valence-electron chi connectivity index (χ0n) is 7.91. The largest absolute Gasteiger partial charge is 0.369 e. The van der Waals surface area contributed by atoms with E-state index >= 15 is 0 Å². The first-order chi connectivity index (χ1) is 6.61. The van der Waals surface area contributed by atoms with E-state index in [1.165, 1.54) is 24.7 Å². The van der Waals surface area contributed by atoms with Crippen molar-refractivity contribution in [3.63, 3.8) is 0 Å². The molecule has 0 aliphatic rings. The maximum absolute atomic E-state index is 10.5. The molecule has 6 heteroatoms. The molecule has 0 atom stereocenters. The van der Waals surface area contributed by atoms with E-state index in [9.17, 15) is 10.1 Å². The summed E-state index contributed by atoms with van der Waals surface area (Å²) in [5.41, 5.74) is -0.0920. The minimum Gasteiger partial charge on any atom is -0.369 e. The van der Waals surface area contributed by atoms with Crippen LogP contribution in [-0.4, -0.2) is 35.2 Å². The maximum Gasteiger partial charge on any atom is 0.313 e. The number of aromatic nitrogens is 1. The lowest BCUT2D eigenvalue weighted by Gasteiger charge is -2.01. The first kappa shape index (κ1) is 10.1. The van der Waals surface area contributed by atoms with Crippen LogP contribution in [0.1, 0.15) is 0 Å². The van der Waals surface area contributed by atoms with Gasteiger partial charge in [0.05, 0.1) is 11.3 Å². The van der Waals surface area contributed by atoms with Gasteiger partial charge < -0.3 is 4.90 Å². The summed E-state index contributed by atoms with van der Waals surface area (Å²) in [6, 6.07) is 2.88. The fourth-order valence-corrected chi connectivity index (χ4v) is 0.801. The second kappa shape index (κ2) is 4.31. The molecule has 0 radical (unpaired) electrons. The molecule has 0 aliphatic heterocycles. The fourth-order valence-electron chi connectivity index (χ4n) is 0.801. The number of hydrogen-bond acceptors (Lipinski definition) is 4. The molecular formula is C8H10N4O2. The Kier molecular flexibility index (Phi) is 3.11. The lowest BCUT2D eigenvalue weighted by molar-refractivity contribution is -0.384. The van der Waals surface area contributed by atoms with Gasteiger partial charge in [-0.2, -0.15) is 0 Å². The Morgan fingerprint density at radius 2 is 2.36 bits per heavy atom. The molecule has 0 N–H and O–H groups in total. The van der Waals surface area contributed by atoms with Crippen LogP contribution in [0.15, 0.2) is 23.3 Å². The van der Waals surface area contributed by atoms with E-state index in [2.05, 4.69) is 9.98 Å². The van der Waals surface area contributed by atoms with Gasteiger partial charge in [-0.3, -0.25) is 10.1 Å². The molecule has 0 unspecified atom stereocenters. The molecule has 74 valence electrons. The van der Waals surface area contributed by atoms with Crippen molar-refractivity contribution in [2.45, 2.75) is 0 Å². The highest BCUT2D eigenvalue weighted by Crippen LogP contribution is 2.22. The van der Waals surface area contributed by atoms with Gasteiger partial charge in [0.25, 0.3) is 0 Å². The zero-order valence-corrected chi connectivity index (χ0v) is 7.91. The number of aliphatic imine (C=N–C) groups is 1. The van der Waals surface area contributed by atoms with Crippen LogP contribution in [0.2, 0.25) is 0 Å². The molecule has 0 aromatic carbocycles. The summed E-state index contributed by atoms with van der Waals surface area (Å²) in [5.74, 6) is 0.117. The Hall–Kier alpha value is -1.98. The van der Waals surface area contributed by atoms with Crippen LogP contribution >= 0.6 is 0 Å². The molecule has 1 aromatic heterocycles. The first-order valence-electron chi connectivity index (χ1n) is 3.91. The maximum atomic E-state index is 10.5. The third-order valence-electron chi connectivity index (χ3n) is 1.37. The van der Waals surface area contributed by atoms with E-state index in [0.29, 0.717) is 0 Å². The molecule has 1 heterocycles. The highest BCUT2D eigenvalue weighted by molar-refractivity contribution is 5.63. The van der Waals surface area contributed by atoms with E-state index in [4.69, 9.17) is 0 Å². The van der Waals surface area contributed by atoms with Crippen molar-refractivity contribution in [1.29, 1.82) is 0 Å². The van der Waals surface area contributed by atoms with Crippen LogP contribution in [0.5, 0.6) is 0 Å². The molecule has 0 saturated carbocycles. The molecule has 1 rings (SSSR count). The average Bonchev–Trinajstić information content (AvgIpc) is 2.15. The van der Waals surface area contributed by atoms with E-state index in [1.807, 2.05) is 0 Å². The third kappa shape index (κ3) is 2.51. The van der Waals surface area contributed by atoms with Crippen LogP contribution in [-0.2, 0) is 0 Å². The SMILES string of the molecule is CN(C)/C=N/c1ncccc1[N+](=O)[O-]. The van der Waals surface area contributed by atoms with Crippen molar-refractivity contribution in [2.75, 3.05) is 14.1 Å². The molecule has 0 amide bonds. The van der Waals surface area contributed by atoms with Gasteiger partial charge in [-0.1, -0.05) is 0 Å². The molecular weight excluding hydrogens is 184 g/mol. The Labute approximate surface area is 81.1 Å². The van der Waals surface area contributed by atoms with E-state index in [0.717, 1.165) is 0 Å². The van der Waals surface area contributed by atoms with Crippen molar-refractivity contribution >= 4 is 17.8 Å². The van der Waals surface area contributed by atoms with Crippen LogP contribution in [0.4, 0.5) is 11.5 Å². The van der Waals surface area contributed by atoms with E-state index in [-0.39, 0.29) is 11.5 Å². The monoisotopic (exact) mass is 194 g/mol. The number of pyridine rings is 1. The highest BCUT2D eigenvalue weighted by atomic mass is 16.6. The Morgan fingerprint density at radius 1 is 1.64 bits per heavy atom. The van der Waals surface area contributed by atoms with Gasteiger partial charge in [-0.25, -0.2) is 9.98 Å². The lowest BCUT2D eigenvalue weighted by atomic mass is 10.4. The first-order valence-corrected chi connectivity index (χ1v) is 3.91. The Morgan fingerprint density at radius 3 is 2.93 bits per heavy atom. The third-order valence-corrected chi connectivity index (χ3v) is 1.37. The zero-order chi connectivity index (χ0) is 10.6. The second-order valence-corrected chi connectivity index (χ2v) is 2.81. The molecule has 0 saturated heterocycles. The minimum atomic E-state index is -0.505. The Balaban J connectivity index is 3.02. The highest BCUT2D eigenvalue weighted by Gasteiger charge is 2.12. The molecule has 0 fully saturated rings. The average molecular weight is 194 g/mol. The van der Waals surface area contributed by atoms with Crippen LogP contribution in [0.25, 0.3) is 0 Å². The summed E-state index contributed by atoms with van der Waals surface area (Å²) < 4.78 is 0. The van der Waals surface area contributed by atoms with E-state index < -0.39 is 4.92 Å². The standard InChI is InChI=1S/C8H10N4O2/c1-11(2)6-10-8-7(12(13)14)4-3-5-9-8/h3-6H,1-2H3/b10-6+. The number of nitrogens with zero attached hydrogens (tertiary/aromatic N) is 4. The fraction of sp³-hybridized carbons (Fsp3) is 0.250. The van der Waals surface area contributed by atoms with Crippen molar-refractivity contribution < 1.29 is 4.92 Å². The quantitative estimate of drug-likeness (QED) is 0.314. The summed E-state index contributed by atoms with van der Waals surface area (Å²) >= 11 is 0. The molecule has 1 aromatic rings. The van der Waals surface area contributed by atoms with Crippen LogP contribution in [0, 0.1) is 10.1 Å². The molecule has 0 spiro atoms. The summed E-state index contributed by atoms with van der Waals surface area (Å²) in [4.78, 5) is 19.4. The van der Waals surface area contributed by atoms with Gasteiger partial charge in [0.2, 0.25) is 5.82 Å². The summed E-state index contributed by atoms with van der Waals surface area (Å²) in [7, 11) is 3.55. The number of rotatable bonds is 3. The topological polar surface area (TPSA) is 71.6 Å². The van der Waals surface area contributed by atoms with Gasteiger partial charge >= 0.3 is 5.69 Å². The van der Waals surface area contributed by atoms with E-state index in [1.54, 1.807) is 19.0 Å². The van der Waals surface area contributed by atoms with Crippen molar-refractivity contribution in [3.8, 4) is 0 Å². The number of nitro groups is 1. The van der Waals surface area contributed by atoms with Gasteiger partial charge in [-0.15, -0.1) is 0 Å². The molecule has 14 heavy (non-hydrogen) atoms. The molecule has 0 aliphatic carbocycles. The van der Waals surface area contributed by atoms with Crippen molar-refractivity contribution in [2.24, 2.45) is 4.99 Å². The van der Waals surface area contributed by atoms with Crippen LogP contribution in [0.3, 0.4) is 0 Å². The normalized spacial score (nSPS) is 10.4. The predicted molar refractivity (Wildman–Crippen MR) is 52.7 cm³/mol. The minimum absolute atomic E-state index is 0.0920. The summed E-state index contributed by atoms with van der Waals surface area (Å²) in [6.07, 6.45) is 2.94. The Bertz CT molecular complexity index is 362. The lowest BCUT2D eigenvalue weighted by Crippen LogP contribution is -2.07. The summed E-state index contributed by atoms with van der Waals surface area (Å²) in [5, 5.41) is 10.5. The predicted octanol–water partition coefficient (Wildman–Crippen LogP) is 1.21. The molecule has 6 nitrogen and oxygen atoms in total. The smallest absolute Gasteiger partial charge is 0.313 e. The van der Waals surface area contributed by atoms with Crippen molar-refractivity contribution in [3.05, 3.63) is 28.4 Å². The van der Waals surface area contributed by atoms with Gasteiger partial charge in [0.15, 0.2) is 0 Å².